The molecule has 0 saturated heterocycles. The van der Waals surface area contributed by atoms with Crippen molar-refractivity contribution in [3.63, 3.8) is 0 Å². The Kier molecular flexibility index (Phi) is 5.88. The second kappa shape index (κ2) is 8.33. The first-order valence-corrected chi connectivity index (χ1v) is 9.47. The second-order valence-corrected chi connectivity index (χ2v) is 7.37. The largest absolute Gasteiger partial charge is 0.334 e. The van der Waals surface area contributed by atoms with Crippen molar-refractivity contribution in [2.75, 3.05) is 13.1 Å². The Morgan fingerprint density at radius 3 is 2.52 bits per heavy atom. The van der Waals surface area contributed by atoms with Gasteiger partial charge in [0.15, 0.2) is 0 Å². The quantitative estimate of drug-likeness (QED) is 0.564. The summed E-state index contributed by atoms with van der Waals surface area (Å²) in [5.74, 6) is -0.187. The number of hydrogen-bond acceptors (Lipinski definition) is 4. The van der Waals surface area contributed by atoms with Crippen molar-refractivity contribution in [3.8, 4) is 10.4 Å². The Balaban J connectivity index is 1.92. The van der Waals surface area contributed by atoms with Gasteiger partial charge in [0.05, 0.1) is 11.8 Å². The lowest BCUT2D eigenvalue weighted by molar-refractivity contribution is -0.130. The second-order valence-electron chi connectivity index (χ2n) is 5.89. The zero-order chi connectivity index (χ0) is 19.4. The number of halogens is 1. The molecule has 1 aromatic carbocycles. The highest BCUT2D eigenvalue weighted by atomic mass is 35.5. The molecular formula is C20H18ClN3O2S. The van der Waals surface area contributed by atoms with E-state index in [1.54, 1.807) is 29.2 Å². The lowest BCUT2D eigenvalue weighted by Gasteiger charge is -2.19. The summed E-state index contributed by atoms with van der Waals surface area (Å²) in [7, 11) is 0. The van der Waals surface area contributed by atoms with E-state index >= 15 is 0 Å². The summed E-state index contributed by atoms with van der Waals surface area (Å²) in [6.45, 7) is 8.03. The van der Waals surface area contributed by atoms with Crippen LogP contribution in [0, 0.1) is 0 Å². The molecule has 0 bridgehead atoms. The van der Waals surface area contributed by atoms with E-state index in [9.17, 15) is 9.59 Å². The van der Waals surface area contributed by atoms with Crippen molar-refractivity contribution in [2.45, 2.75) is 6.54 Å². The highest BCUT2D eigenvalue weighted by Gasteiger charge is 2.15. The smallest absolute Gasteiger partial charge is 0.271 e. The van der Waals surface area contributed by atoms with Crippen LogP contribution in [0.5, 0.6) is 0 Å². The summed E-state index contributed by atoms with van der Waals surface area (Å²) < 4.78 is 1.86. The van der Waals surface area contributed by atoms with Crippen molar-refractivity contribution < 1.29 is 4.79 Å². The fraction of sp³-hybridized carbons (Fsp3) is 0.150. The van der Waals surface area contributed by atoms with E-state index in [1.807, 2.05) is 18.2 Å². The molecule has 0 fully saturated rings. The number of thiophene rings is 1. The van der Waals surface area contributed by atoms with Crippen LogP contribution in [0.1, 0.15) is 0 Å². The van der Waals surface area contributed by atoms with Crippen LogP contribution in [0.4, 0.5) is 0 Å². The number of rotatable bonds is 7. The molecule has 0 aliphatic rings. The zero-order valence-corrected chi connectivity index (χ0v) is 16.2. The van der Waals surface area contributed by atoms with Gasteiger partial charge >= 0.3 is 0 Å². The maximum atomic E-state index is 12.8. The van der Waals surface area contributed by atoms with Crippen molar-refractivity contribution in [3.05, 3.63) is 77.3 Å². The van der Waals surface area contributed by atoms with Crippen molar-refractivity contribution in [2.24, 2.45) is 0 Å². The molecule has 0 aliphatic heterocycles. The number of fused-ring (bicyclic) bond motifs is 1. The Hall–Kier alpha value is -2.70. The van der Waals surface area contributed by atoms with Crippen molar-refractivity contribution in [1.82, 2.24) is 14.5 Å². The molecule has 7 heteroatoms. The van der Waals surface area contributed by atoms with E-state index in [-0.39, 0.29) is 18.0 Å². The summed E-state index contributed by atoms with van der Waals surface area (Å²) >= 11 is 7.29. The van der Waals surface area contributed by atoms with Crippen LogP contribution in [-0.2, 0) is 11.3 Å². The van der Waals surface area contributed by atoms with Crippen LogP contribution in [0.25, 0.3) is 20.7 Å². The molecule has 0 atom stereocenters. The van der Waals surface area contributed by atoms with Gasteiger partial charge in [0, 0.05) is 23.0 Å². The van der Waals surface area contributed by atoms with Crippen molar-refractivity contribution in [1.29, 1.82) is 0 Å². The van der Waals surface area contributed by atoms with Gasteiger partial charge < -0.3 is 4.90 Å². The average molecular weight is 400 g/mol. The van der Waals surface area contributed by atoms with E-state index in [1.165, 1.54) is 22.2 Å². The normalized spacial score (nSPS) is 10.7. The van der Waals surface area contributed by atoms with Gasteiger partial charge in [0.1, 0.15) is 11.2 Å². The molecule has 0 saturated carbocycles. The third kappa shape index (κ3) is 4.18. The van der Waals surface area contributed by atoms with Crippen LogP contribution in [0.2, 0.25) is 5.02 Å². The van der Waals surface area contributed by atoms with E-state index in [0.717, 1.165) is 10.4 Å². The van der Waals surface area contributed by atoms with Crippen molar-refractivity contribution >= 4 is 39.1 Å². The molecule has 2 heterocycles. The molecule has 3 rings (SSSR count). The zero-order valence-electron chi connectivity index (χ0n) is 14.6. The number of nitrogens with zero attached hydrogens (tertiary/aromatic N) is 3. The molecular weight excluding hydrogens is 382 g/mol. The first kappa shape index (κ1) is 19.1. The third-order valence-electron chi connectivity index (χ3n) is 3.99. The lowest BCUT2D eigenvalue weighted by atomic mass is 10.2. The molecule has 0 aliphatic carbocycles. The molecule has 138 valence electrons. The Labute approximate surface area is 165 Å². The Morgan fingerprint density at radius 1 is 1.22 bits per heavy atom. The van der Waals surface area contributed by atoms with Crippen LogP contribution in [-0.4, -0.2) is 33.4 Å². The van der Waals surface area contributed by atoms with Crippen LogP contribution < -0.4 is 5.56 Å². The fourth-order valence-electron chi connectivity index (χ4n) is 2.65. The fourth-order valence-corrected chi connectivity index (χ4v) is 3.84. The van der Waals surface area contributed by atoms with E-state index in [4.69, 9.17) is 11.6 Å². The maximum absolute atomic E-state index is 12.8. The van der Waals surface area contributed by atoms with Crippen LogP contribution >= 0.6 is 22.9 Å². The molecule has 0 N–H and O–H groups in total. The minimum Gasteiger partial charge on any atom is -0.334 e. The number of amides is 1. The van der Waals surface area contributed by atoms with Gasteiger partial charge in [-0.1, -0.05) is 35.9 Å². The third-order valence-corrected chi connectivity index (χ3v) is 5.40. The SMILES string of the molecule is C=CCN(CC=C)C(=O)Cn1cnc2cc(-c3ccc(Cl)cc3)sc2c1=O. The van der Waals surface area contributed by atoms with Gasteiger partial charge in [-0.25, -0.2) is 4.98 Å². The van der Waals surface area contributed by atoms with Gasteiger partial charge in [-0.3, -0.25) is 14.2 Å². The molecule has 3 aromatic rings. The minimum absolute atomic E-state index is 0.0718. The molecule has 5 nitrogen and oxygen atoms in total. The summed E-state index contributed by atoms with van der Waals surface area (Å²) in [6.07, 6.45) is 4.70. The molecule has 1 amide bonds. The Bertz CT molecular complexity index is 1040. The monoisotopic (exact) mass is 399 g/mol. The van der Waals surface area contributed by atoms with Crippen LogP contribution in [0.15, 0.2) is 66.8 Å². The number of carbonyl (C=O) groups is 1. The highest BCUT2D eigenvalue weighted by Crippen LogP contribution is 2.31. The summed E-state index contributed by atoms with van der Waals surface area (Å²) in [4.78, 5) is 32.1. The van der Waals surface area contributed by atoms with Gasteiger partial charge in [0.2, 0.25) is 5.91 Å². The van der Waals surface area contributed by atoms with Gasteiger partial charge in [0.25, 0.3) is 5.56 Å². The van der Waals surface area contributed by atoms with E-state index < -0.39 is 0 Å². The minimum atomic E-state index is -0.226. The number of benzene rings is 1. The van der Waals surface area contributed by atoms with Gasteiger partial charge in [-0.15, -0.1) is 24.5 Å². The molecule has 0 radical (unpaired) electrons. The molecule has 0 unspecified atom stereocenters. The predicted octanol–water partition coefficient (Wildman–Crippen LogP) is 3.98. The van der Waals surface area contributed by atoms with Crippen LogP contribution in [0.3, 0.4) is 0 Å². The maximum Gasteiger partial charge on any atom is 0.271 e. The highest BCUT2D eigenvalue weighted by molar-refractivity contribution is 7.22. The molecule has 2 aromatic heterocycles. The first-order chi connectivity index (χ1) is 13.0. The predicted molar refractivity (Wildman–Crippen MR) is 111 cm³/mol. The summed E-state index contributed by atoms with van der Waals surface area (Å²) in [6, 6.07) is 9.28. The summed E-state index contributed by atoms with van der Waals surface area (Å²) in [5, 5.41) is 0.655. The standard InChI is InChI=1S/C20H18ClN3O2S/c1-3-9-23(10-4-2)18(25)12-24-13-22-16-11-17(27-19(16)20(24)26)14-5-7-15(21)8-6-14/h3-8,11,13H,1-2,9-10,12H2. The van der Waals surface area contributed by atoms with Gasteiger partial charge in [-0.2, -0.15) is 0 Å². The first-order valence-electron chi connectivity index (χ1n) is 8.28. The average Bonchev–Trinajstić information content (AvgIpc) is 3.09. The Morgan fingerprint density at radius 2 is 1.89 bits per heavy atom. The number of aromatic nitrogens is 2. The summed E-state index contributed by atoms with van der Waals surface area (Å²) in [5.41, 5.74) is 1.36. The number of hydrogen-bond donors (Lipinski definition) is 0. The molecule has 27 heavy (non-hydrogen) atoms. The number of carbonyl (C=O) groups excluding carboxylic acids is 1. The topological polar surface area (TPSA) is 55.2 Å². The van der Waals surface area contributed by atoms with E-state index in [0.29, 0.717) is 28.3 Å². The molecule has 0 spiro atoms. The van der Waals surface area contributed by atoms with E-state index in [2.05, 4.69) is 18.1 Å². The van der Waals surface area contributed by atoms with Gasteiger partial charge in [-0.05, 0) is 23.8 Å². The lowest BCUT2D eigenvalue weighted by Crippen LogP contribution is -2.36.